The molecule has 0 aromatic carbocycles. The molecule has 19 heavy (non-hydrogen) atoms. The molecule has 2 rings (SSSR count). The van der Waals surface area contributed by atoms with Gasteiger partial charge >= 0.3 is 0 Å². The molecule has 2 aromatic heterocycles. The molecule has 1 amide bonds. The molecule has 0 saturated carbocycles. The zero-order valence-electron chi connectivity index (χ0n) is 10.8. The van der Waals surface area contributed by atoms with Crippen molar-refractivity contribution in [2.75, 3.05) is 0 Å². The number of nitrogens with zero attached hydrogens (tertiary/aromatic N) is 3. The fourth-order valence-corrected chi connectivity index (χ4v) is 2.75. The lowest BCUT2D eigenvalue weighted by Crippen LogP contribution is -2.27. The third-order valence-electron chi connectivity index (χ3n) is 2.54. The first-order chi connectivity index (χ1) is 8.97. The molecule has 0 aliphatic carbocycles. The fraction of sp³-hybridized carbons (Fsp3) is 0.333. The Balaban J connectivity index is 2.10. The number of rotatable bonds is 3. The molecule has 0 fully saturated rings. The molecule has 0 spiro atoms. The summed E-state index contributed by atoms with van der Waals surface area (Å²) in [5, 5.41) is 11.5. The summed E-state index contributed by atoms with van der Waals surface area (Å²) >= 11 is 7.21. The standard InChI is InChI=1S/C12H13ClN4OS/c1-6-11(19-8(3)14-6)7(2)15-12(18)9-4-5-10(13)17-16-9/h4-5,7H,1-3H3,(H,15,18). The van der Waals surface area contributed by atoms with E-state index in [2.05, 4.69) is 20.5 Å². The molecule has 0 saturated heterocycles. The predicted octanol–water partition coefficient (Wildman–Crippen LogP) is 2.69. The maximum atomic E-state index is 12.0. The Morgan fingerprint density at radius 2 is 2.11 bits per heavy atom. The predicted molar refractivity (Wildman–Crippen MR) is 74.5 cm³/mol. The first-order valence-corrected chi connectivity index (χ1v) is 6.91. The summed E-state index contributed by atoms with van der Waals surface area (Å²) in [5.41, 5.74) is 1.19. The summed E-state index contributed by atoms with van der Waals surface area (Å²) in [4.78, 5) is 17.4. The van der Waals surface area contributed by atoms with Crippen LogP contribution in [0.1, 0.15) is 39.0 Å². The van der Waals surface area contributed by atoms with Crippen LogP contribution in [-0.2, 0) is 0 Å². The zero-order valence-corrected chi connectivity index (χ0v) is 12.3. The van der Waals surface area contributed by atoms with Crippen LogP contribution in [0.15, 0.2) is 12.1 Å². The quantitative estimate of drug-likeness (QED) is 0.945. The van der Waals surface area contributed by atoms with E-state index in [0.717, 1.165) is 15.6 Å². The number of hydrogen-bond donors (Lipinski definition) is 1. The number of amides is 1. The van der Waals surface area contributed by atoms with Gasteiger partial charge in [-0.05, 0) is 32.9 Å². The minimum absolute atomic E-state index is 0.115. The van der Waals surface area contributed by atoms with Gasteiger partial charge in [-0.2, -0.15) is 0 Å². The topological polar surface area (TPSA) is 67.8 Å². The van der Waals surface area contributed by atoms with Crippen molar-refractivity contribution < 1.29 is 4.79 Å². The van der Waals surface area contributed by atoms with Gasteiger partial charge in [0.15, 0.2) is 10.8 Å². The molecule has 0 radical (unpaired) electrons. The lowest BCUT2D eigenvalue weighted by Gasteiger charge is -2.12. The molecule has 0 aliphatic rings. The van der Waals surface area contributed by atoms with E-state index in [1.807, 2.05) is 20.8 Å². The number of carbonyl (C=O) groups excluding carboxylic acids is 1. The highest BCUT2D eigenvalue weighted by Crippen LogP contribution is 2.24. The van der Waals surface area contributed by atoms with Gasteiger partial charge in [-0.15, -0.1) is 21.5 Å². The molecule has 100 valence electrons. The fourth-order valence-electron chi connectivity index (χ4n) is 1.72. The molecule has 2 aromatic rings. The number of aryl methyl sites for hydroxylation is 2. The minimum Gasteiger partial charge on any atom is -0.343 e. The summed E-state index contributed by atoms with van der Waals surface area (Å²) in [6.45, 7) is 5.80. The van der Waals surface area contributed by atoms with Gasteiger partial charge < -0.3 is 5.32 Å². The van der Waals surface area contributed by atoms with Gasteiger partial charge in [-0.1, -0.05) is 11.6 Å². The number of hydrogen-bond acceptors (Lipinski definition) is 5. The third-order valence-corrected chi connectivity index (χ3v) is 4.00. The van der Waals surface area contributed by atoms with Crippen LogP contribution in [0.2, 0.25) is 5.15 Å². The van der Waals surface area contributed by atoms with Crippen LogP contribution in [0.3, 0.4) is 0 Å². The summed E-state index contributed by atoms with van der Waals surface area (Å²) in [6, 6.07) is 2.97. The number of nitrogens with one attached hydrogen (secondary N) is 1. The van der Waals surface area contributed by atoms with Crippen LogP contribution in [-0.4, -0.2) is 21.1 Å². The highest BCUT2D eigenvalue weighted by atomic mass is 35.5. The molecule has 1 atom stereocenters. The van der Waals surface area contributed by atoms with E-state index in [0.29, 0.717) is 0 Å². The van der Waals surface area contributed by atoms with Gasteiger partial charge in [0.05, 0.1) is 16.7 Å². The van der Waals surface area contributed by atoms with E-state index in [1.54, 1.807) is 17.4 Å². The Morgan fingerprint density at radius 1 is 1.37 bits per heavy atom. The van der Waals surface area contributed by atoms with Crippen LogP contribution in [0.25, 0.3) is 0 Å². The smallest absolute Gasteiger partial charge is 0.272 e. The van der Waals surface area contributed by atoms with E-state index < -0.39 is 0 Å². The summed E-state index contributed by atoms with van der Waals surface area (Å²) in [5.74, 6) is -0.276. The average molecular weight is 297 g/mol. The van der Waals surface area contributed by atoms with E-state index in [4.69, 9.17) is 11.6 Å². The lowest BCUT2D eigenvalue weighted by atomic mass is 10.2. The van der Waals surface area contributed by atoms with Crippen molar-refractivity contribution in [3.05, 3.63) is 38.6 Å². The second-order valence-electron chi connectivity index (χ2n) is 4.12. The molecule has 0 bridgehead atoms. The Labute approximate surface area is 120 Å². The van der Waals surface area contributed by atoms with Crippen molar-refractivity contribution in [2.45, 2.75) is 26.8 Å². The normalized spacial score (nSPS) is 12.2. The van der Waals surface area contributed by atoms with Crippen molar-refractivity contribution in [1.29, 1.82) is 0 Å². The number of halogens is 1. The van der Waals surface area contributed by atoms with Crippen molar-refractivity contribution in [3.8, 4) is 0 Å². The van der Waals surface area contributed by atoms with E-state index in [1.165, 1.54) is 6.07 Å². The molecule has 7 heteroatoms. The van der Waals surface area contributed by atoms with E-state index >= 15 is 0 Å². The van der Waals surface area contributed by atoms with Crippen LogP contribution < -0.4 is 5.32 Å². The summed E-state index contributed by atoms with van der Waals surface area (Å²) in [7, 11) is 0. The van der Waals surface area contributed by atoms with Crippen molar-refractivity contribution in [3.63, 3.8) is 0 Å². The largest absolute Gasteiger partial charge is 0.343 e. The number of carbonyl (C=O) groups is 1. The highest BCUT2D eigenvalue weighted by Gasteiger charge is 2.17. The van der Waals surface area contributed by atoms with E-state index in [9.17, 15) is 4.79 Å². The molecule has 1 unspecified atom stereocenters. The Hall–Kier alpha value is -1.53. The van der Waals surface area contributed by atoms with E-state index in [-0.39, 0.29) is 22.8 Å². The van der Waals surface area contributed by atoms with Gasteiger partial charge in [-0.3, -0.25) is 4.79 Å². The monoisotopic (exact) mass is 296 g/mol. The third kappa shape index (κ3) is 3.27. The maximum Gasteiger partial charge on any atom is 0.272 e. The maximum absolute atomic E-state index is 12.0. The highest BCUT2D eigenvalue weighted by molar-refractivity contribution is 7.11. The second kappa shape index (κ2) is 5.63. The van der Waals surface area contributed by atoms with Crippen LogP contribution in [0, 0.1) is 13.8 Å². The zero-order chi connectivity index (χ0) is 14.0. The second-order valence-corrected chi connectivity index (χ2v) is 5.74. The van der Waals surface area contributed by atoms with Gasteiger partial charge in [0.2, 0.25) is 0 Å². The van der Waals surface area contributed by atoms with Gasteiger partial charge in [0, 0.05) is 4.88 Å². The minimum atomic E-state index is -0.276. The van der Waals surface area contributed by atoms with Crippen LogP contribution in [0.4, 0.5) is 0 Å². The molecule has 5 nitrogen and oxygen atoms in total. The average Bonchev–Trinajstić information content (AvgIpc) is 2.69. The van der Waals surface area contributed by atoms with Gasteiger partial charge in [-0.25, -0.2) is 4.98 Å². The summed E-state index contributed by atoms with van der Waals surface area (Å²) in [6.07, 6.45) is 0. The van der Waals surface area contributed by atoms with Gasteiger partial charge in [0.25, 0.3) is 5.91 Å². The Kier molecular flexibility index (Phi) is 4.11. The Bertz CT molecular complexity index is 596. The number of aromatic nitrogens is 3. The Morgan fingerprint density at radius 3 is 2.63 bits per heavy atom. The van der Waals surface area contributed by atoms with Crippen LogP contribution >= 0.6 is 22.9 Å². The van der Waals surface area contributed by atoms with Crippen molar-refractivity contribution in [2.24, 2.45) is 0 Å². The SMILES string of the molecule is Cc1nc(C)c(C(C)NC(=O)c2ccc(Cl)nn2)s1. The molecule has 0 aliphatic heterocycles. The van der Waals surface area contributed by atoms with Crippen molar-refractivity contribution >= 4 is 28.8 Å². The number of thiazole rings is 1. The lowest BCUT2D eigenvalue weighted by molar-refractivity contribution is 0.0934. The molecular weight excluding hydrogens is 284 g/mol. The molecule has 1 N–H and O–H groups in total. The van der Waals surface area contributed by atoms with Crippen LogP contribution in [0.5, 0.6) is 0 Å². The molecule has 2 heterocycles. The summed E-state index contributed by atoms with van der Waals surface area (Å²) < 4.78 is 0. The van der Waals surface area contributed by atoms with Gasteiger partial charge in [0.1, 0.15) is 0 Å². The first-order valence-electron chi connectivity index (χ1n) is 5.71. The first kappa shape index (κ1) is 13.9. The molecular formula is C12H13ClN4OS. The van der Waals surface area contributed by atoms with Crippen molar-refractivity contribution in [1.82, 2.24) is 20.5 Å².